The van der Waals surface area contributed by atoms with Crippen LogP contribution in [0.2, 0.25) is 0 Å². The lowest BCUT2D eigenvalue weighted by molar-refractivity contribution is 0.0730. The maximum absolute atomic E-state index is 13.2. The molecule has 0 bridgehead atoms. The standard InChI is InChI=1S/C22H29N3O7S/c1-15(2)32-22-16(6-5-7-23-22)14-24-21(26)18-12-17(13-19(29-3)20(18)30-4)33(27,28)25-8-10-31-11-9-25/h5-7,12-13,15H,8-11,14H2,1-4H3,(H,24,26). The molecule has 1 aromatic carbocycles. The molecular formula is C22H29N3O7S. The topological polar surface area (TPSA) is 116 Å². The van der Waals surface area contributed by atoms with E-state index in [4.69, 9.17) is 18.9 Å². The Labute approximate surface area is 193 Å². The number of carbonyl (C=O) groups excluding carboxylic acids is 1. The second kappa shape index (κ2) is 10.8. The van der Waals surface area contributed by atoms with Gasteiger partial charge in [0.05, 0.1) is 44.0 Å². The van der Waals surface area contributed by atoms with Crippen LogP contribution in [0.25, 0.3) is 0 Å². The van der Waals surface area contributed by atoms with Crippen molar-refractivity contribution in [1.29, 1.82) is 0 Å². The number of pyridine rings is 1. The van der Waals surface area contributed by atoms with Crippen LogP contribution in [0.4, 0.5) is 0 Å². The summed E-state index contributed by atoms with van der Waals surface area (Å²) in [6, 6.07) is 6.20. The monoisotopic (exact) mass is 479 g/mol. The first-order chi connectivity index (χ1) is 15.8. The summed E-state index contributed by atoms with van der Waals surface area (Å²) in [6.07, 6.45) is 1.53. The molecule has 3 rings (SSSR count). The van der Waals surface area contributed by atoms with Crippen molar-refractivity contribution >= 4 is 15.9 Å². The molecule has 0 saturated carbocycles. The third kappa shape index (κ3) is 5.73. The second-order valence-corrected chi connectivity index (χ2v) is 9.48. The Hall–Kier alpha value is -2.89. The molecule has 1 amide bonds. The predicted molar refractivity (Wildman–Crippen MR) is 120 cm³/mol. The zero-order valence-electron chi connectivity index (χ0n) is 19.2. The zero-order valence-corrected chi connectivity index (χ0v) is 20.0. The normalized spacial score (nSPS) is 14.7. The average Bonchev–Trinajstić information content (AvgIpc) is 2.82. The molecule has 10 nitrogen and oxygen atoms in total. The van der Waals surface area contributed by atoms with Gasteiger partial charge in [0, 0.05) is 37.5 Å². The number of hydrogen-bond donors (Lipinski definition) is 1. The number of nitrogens with zero attached hydrogens (tertiary/aromatic N) is 2. The summed E-state index contributed by atoms with van der Waals surface area (Å²) in [5.74, 6) is 0.174. The molecule has 1 aliphatic rings. The molecule has 1 fully saturated rings. The van der Waals surface area contributed by atoms with Crippen LogP contribution in [0.15, 0.2) is 35.4 Å². The summed E-state index contributed by atoms with van der Waals surface area (Å²) in [5.41, 5.74) is 0.724. The number of methoxy groups -OCH3 is 2. The minimum Gasteiger partial charge on any atom is -0.493 e. The smallest absolute Gasteiger partial charge is 0.255 e. The van der Waals surface area contributed by atoms with E-state index in [9.17, 15) is 13.2 Å². The summed E-state index contributed by atoms with van der Waals surface area (Å²) < 4.78 is 49.3. The Kier molecular flexibility index (Phi) is 8.11. The van der Waals surface area contributed by atoms with E-state index in [1.165, 1.54) is 30.7 Å². The molecule has 0 atom stereocenters. The Bertz CT molecular complexity index is 1080. The quantitative estimate of drug-likeness (QED) is 0.579. The van der Waals surface area contributed by atoms with Crippen LogP contribution in [0, 0.1) is 0 Å². The number of nitrogens with one attached hydrogen (secondary N) is 1. The molecule has 180 valence electrons. The number of morpholine rings is 1. The van der Waals surface area contributed by atoms with Crippen molar-refractivity contribution in [2.24, 2.45) is 0 Å². The highest BCUT2D eigenvalue weighted by atomic mass is 32.2. The van der Waals surface area contributed by atoms with Crippen molar-refractivity contribution in [3.05, 3.63) is 41.6 Å². The van der Waals surface area contributed by atoms with Gasteiger partial charge in [-0.2, -0.15) is 4.31 Å². The molecule has 1 aromatic heterocycles. The number of sulfonamides is 1. The van der Waals surface area contributed by atoms with Gasteiger partial charge in [0.15, 0.2) is 11.5 Å². The molecule has 33 heavy (non-hydrogen) atoms. The van der Waals surface area contributed by atoms with Crippen LogP contribution in [0.5, 0.6) is 17.4 Å². The van der Waals surface area contributed by atoms with Gasteiger partial charge >= 0.3 is 0 Å². The molecule has 0 unspecified atom stereocenters. The van der Waals surface area contributed by atoms with Gasteiger partial charge in [0.1, 0.15) is 0 Å². The molecule has 0 aliphatic carbocycles. The molecule has 1 N–H and O–H groups in total. The summed E-state index contributed by atoms with van der Waals surface area (Å²) >= 11 is 0. The summed E-state index contributed by atoms with van der Waals surface area (Å²) in [4.78, 5) is 17.3. The fourth-order valence-electron chi connectivity index (χ4n) is 3.35. The number of hydrogen-bond acceptors (Lipinski definition) is 8. The highest BCUT2D eigenvalue weighted by molar-refractivity contribution is 7.89. The van der Waals surface area contributed by atoms with Crippen molar-refractivity contribution in [2.75, 3.05) is 40.5 Å². The van der Waals surface area contributed by atoms with Gasteiger partial charge in [-0.1, -0.05) is 6.07 Å². The van der Waals surface area contributed by atoms with Gasteiger partial charge < -0.3 is 24.3 Å². The molecule has 0 radical (unpaired) electrons. The van der Waals surface area contributed by atoms with Crippen molar-refractivity contribution in [3.63, 3.8) is 0 Å². The van der Waals surface area contributed by atoms with Gasteiger partial charge in [-0.3, -0.25) is 4.79 Å². The van der Waals surface area contributed by atoms with E-state index in [-0.39, 0.29) is 47.7 Å². The molecule has 2 aromatic rings. The number of amides is 1. The Morgan fingerprint density at radius 3 is 2.58 bits per heavy atom. The lowest BCUT2D eigenvalue weighted by atomic mass is 10.1. The van der Waals surface area contributed by atoms with E-state index in [2.05, 4.69) is 10.3 Å². The second-order valence-electron chi connectivity index (χ2n) is 7.54. The molecule has 0 spiro atoms. The summed E-state index contributed by atoms with van der Waals surface area (Å²) in [5, 5.41) is 2.79. The van der Waals surface area contributed by atoms with E-state index in [1.807, 2.05) is 13.8 Å². The fourth-order valence-corrected chi connectivity index (χ4v) is 4.80. The lowest BCUT2D eigenvalue weighted by Crippen LogP contribution is -2.40. The first-order valence-corrected chi connectivity index (χ1v) is 11.9. The van der Waals surface area contributed by atoms with Gasteiger partial charge in [0.25, 0.3) is 5.91 Å². The van der Waals surface area contributed by atoms with E-state index in [1.54, 1.807) is 18.3 Å². The van der Waals surface area contributed by atoms with Crippen LogP contribution in [0.3, 0.4) is 0 Å². The van der Waals surface area contributed by atoms with Gasteiger partial charge in [-0.25, -0.2) is 13.4 Å². The summed E-state index contributed by atoms with van der Waals surface area (Å²) in [6.45, 7) is 4.98. The highest BCUT2D eigenvalue weighted by Crippen LogP contribution is 2.35. The average molecular weight is 480 g/mol. The SMILES string of the molecule is COc1cc(S(=O)(=O)N2CCOCC2)cc(C(=O)NCc2cccnc2OC(C)C)c1OC. The number of aromatic nitrogens is 1. The number of rotatable bonds is 9. The highest BCUT2D eigenvalue weighted by Gasteiger charge is 2.30. The van der Waals surface area contributed by atoms with Crippen LogP contribution in [-0.2, 0) is 21.3 Å². The van der Waals surface area contributed by atoms with Gasteiger partial charge in [-0.15, -0.1) is 0 Å². The molecule has 1 saturated heterocycles. The van der Waals surface area contributed by atoms with Crippen molar-refractivity contribution in [2.45, 2.75) is 31.4 Å². The molecule has 1 aliphatic heterocycles. The lowest BCUT2D eigenvalue weighted by Gasteiger charge is -2.26. The van der Waals surface area contributed by atoms with E-state index >= 15 is 0 Å². The van der Waals surface area contributed by atoms with E-state index < -0.39 is 15.9 Å². The van der Waals surface area contributed by atoms with Crippen LogP contribution < -0.4 is 19.5 Å². The minimum absolute atomic E-state index is 0.0407. The van der Waals surface area contributed by atoms with Gasteiger partial charge in [0.2, 0.25) is 15.9 Å². The minimum atomic E-state index is -3.86. The maximum atomic E-state index is 13.2. The zero-order chi connectivity index (χ0) is 24.0. The Morgan fingerprint density at radius 1 is 1.21 bits per heavy atom. The maximum Gasteiger partial charge on any atom is 0.255 e. The third-order valence-corrected chi connectivity index (χ3v) is 6.82. The first kappa shape index (κ1) is 24.7. The number of ether oxygens (including phenoxy) is 4. The fraction of sp³-hybridized carbons (Fsp3) is 0.455. The largest absolute Gasteiger partial charge is 0.493 e. The van der Waals surface area contributed by atoms with Gasteiger partial charge in [-0.05, 0) is 26.0 Å². The Morgan fingerprint density at radius 2 is 1.94 bits per heavy atom. The molecule has 2 heterocycles. The molecule has 11 heteroatoms. The van der Waals surface area contributed by atoms with Crippen LogP contribution >= 0.6 is 0 Å². The predicted octanol–water partition coefficient (Wildman–Crippen LogP) is 1.84. The van der Waals surface area contributed by atoms with Crippen molar-refractivity contribution < 1.29 is 32.2 Å². The van der Waals surface area contributed by atoms with Crippen molar-refractivity contribution in [1.82, 2.24) is 14.6 Å². The van der Waals surface area contributed by atoms with Crippen LogP contribution in [0.1, 0.15) is 29.8 Å². The first-order valence-electron chi connectivity index (χ1n) is 10.5. The number of benzene rings is 1. The summed E-state index contributed by atoms with van der Waals surface area (Å²) in [7, 11) is -1.08. The van der Waals surface area contributed by atoms with Crippen LogP contribution in [-0.4, -0.2) is 70.2 Å². The third-order valence-electron chi connectivity index (χ3n) is 4.94. The van der Waals surface area contributed by atoms with Crippen molar-refractivity contribution in [3.8, 4) is 17.4 Å². The van der Waals surface area contributed by atoms with E-state index in [0.29, 0.717) is 24.7 Å². The number of carbonyl (C=O) groups is 1. The Balaban J connectivity index is 1.91. The van der Waals surface area contributed by atoms with E-state index in [0.717, 1.165) is 0 Å². The molecular weight excluding hydrogens is 450 g/mol.